The first-order valence-corrected chi connectivity index (χ1v) is 7.48. The maximum Gasteiger partial charge on any atom is 0.310 e. The number of pyridine rings is 1. The number of hydrogen-bond acceptors (Lipinski definition) is 4. The highest BCUT2D eigenvalue weighted by Crippen LogP contribution is 2.20. The van der Waals surface area contributed by atoms with Gasteiger partial charge in [0.05, 0.1) is 12.5 Å². The van der Waals surface area contributed by atoms with Gasteiger partial charge in [-0.3, -0.25) is 9.59 Å². The number of ether oxygens (including phenoxy) is 1. The molecule has 1 amide bonds. The van der Waals surface area contributed by atoms with Gasteiger partial charge in [0.1, 0.15) is 5.69 Å². The zero-order chi connectivity index (χ0) is 14.5. The summed E-state index contributed by atoms with van der Waals surface area (Å²) < 4.78 is 5.86. The number of aromatic nitrogens is 1. The zero-order valence-corrected chi connectivity index (χ0v) is 12.9. The van der Waals surface area contributed by atoms with Gasteiger partial charge in [0.25, 0.3) is 5.91 Å². The van der Waals surface area contributed by atoms with Crippen LogP contribution in [0.3, 0.4) is 0 Å². The van der Waals surface area contributed by atoms with Crippen molar-refractivity contribution in [1.82, 2.24) is 9.88 Å². The molecule has 1 atom stereocenters. The number of piperidine rings is 1. The van der Waals surface area contributed by atoms with Crippen molar-refractivity contribution < 1.29 is 14.3 Å². The van der Waals surface area contributed by atoms with E-state index in [-0.39, 0.29) is 17.8 Å². The minimum absolute atomic E-state index is 0.133. The van der Waals surface area contributed by atoms with Crippen LogP contribution >= 0.6 is 15.9 Å². The molecule has 6 heteroatoms. The van der Waals surface area contributed by atoms with E-state index in [9.17, 15) is 9.59 Å². The molecule has 1 aromatic heterocycles. The molecule has 1 fully saturated rings. The van der Waals surface area contributed by atoms with Crippen molar-refractivity contribution in [3.63, 3.8) is 0 Å². The molecule has 1 unspecified atom stereocenters. The van der Waals surface area contributed by atoms with Crippen molar-refractivity contribution in [3.05, 3.63) is 28.5 Å². The van der Waals surface area contributed by atoms with E-state index in [4.69, 9.17) is 4.74 Å². The van der Waals surface area contributed by atoms with Crippen LogP contribution in [0, 0.1) is 5.92 Å². The second-order valence-corrected chi connectivity index (χ2v) is 5.62. The van der Waals surface area contributed by atoms with Gasteiger partial charge < -0.3 is 9.64 Å². The van der Waals surface area contributed by atoms with Crippen LogP contribution in [0.5, 0.6) is 0 Å². The second kappa shape index (κ2) is 6.83. The van der Waals surface area contributed by atoms with Crippen LogP contribution in [0.2, 0.25) is 0 Å². The molecule has 1 aliphatic heterocycles. The largest absolute Gasteiger partial charge is 0.466 e. The lowest BCUT2D eigenvalue weighted by molar-refractivity contribution is -0.149. The van der Waals surface area contributed by atoms with E-state index in [1.54, 1.807) is 30.2 Å². The Balaban J connectivity index is 2.03. The van der Waals surface area contributed by atoms with Crippen LogP contribution in [0.4, 0.5) is 0 Å². The Hall–Kier alpha value is -1.43. The van der Waals surface area contributed by atoms with Crippen molar-refractivity contribution >= 4 is 27.8 Å². The summed E-state index contributed by atoms with van der Waals surface area (Å²) >= 11 is 3.29. The van der Waals surface area contributed by atoms with E-state index in [1.165, 1.54) is 0 Å². The molecular weight excluding hydrogens is 324 g/mol. The van der Waals surface area contributed by atoms with Crippen LogP contribution in [0.15, 0.2) is 22.8 Å². The average molecular weight is 341 g/mol. The number of carbonyl (C=O) groups excluding carboxylic acids is 2. The molecule has 0 N–H and O–H groups in total. The Morgan fingerprint density at radius 2 is 2.30 bits per heavy atom. The maximum absolute atomic E-state index is 12.3. The highest BCUT2D eigenvalue weighted by molar-refractivity contribution is 9.10. The number of carbonyl (C=O) groups is 2. The van der Waals surface area contributed by atoms with Crippen molar-refractivity contribution in [2.24, 2.45) is 5.92 Å². The smallest absolute Gasteiger partial charge is 0.310 e. The molecule has 1 saturated heterocycles. The predicted molar refractivity (Wildman–Crippen MR) is 77.2 cm³/mol. The van der Waals surface area contributed by atoms with Crippen molar-refractivity contribution in [3.8, 4) is 0 Å². The summed E-state index contributed by atoms with van der Waals surface area (Å²) in [5.41, 5.74) is 0.401. The van der Waals surface area contributed by atoms with Gasteiger partial charge in [-0.15, -0.1) is 0 Å². The molecule has 108 valence electrons. The Labute approximate surface area is 126 Å². The standard InChI is InChI=1S/C14H17BrN2O3/c1-2-20-14(19)10-4-3-7-17(9-10)13(18)12-6-5-11(15)8-16-12/h5-6,8,10H,2-4,7,9H2,1H3. The third-order valence-electron chi connectivity index (χ3n) is 3.28. The lowest BCUT2D eigenvalue weighted by Gasteiger charge is -2.31. The van der Waals surface area contributed by atoms with Gasteiger partial charge in [-0.05, 0) is 47.8 Å². The van der Waals surface area contributed by atoms with E-state index in [0.717, 1.165) is 17.3 Å². The van der Waals surface area contributed by atoms with Crippen molar-refractivity contribution in [1.29, 1.82) is 0 Å². The van der Waals surface area contributed by atoms with E-state index in [2.05, 4.69) is 20.9 Å². The molecule has 0 aromatic carbocycles. The number of esters is 1. The molecular formula is C14H17BrN2O3. The zero-order valence-electron chi connectivity index (χ0n) is 11.3. The first kappa shape index (κ1) is 15.0. The normalized spacial score (nSPS) is 18.7. The first-order valence-electron chi connectivity index (χ1n) is 6.69. The van der Waals surface area contributed by atoms with Gasteiger partial charge in [0.2, 0.25) is 0 Å². The van der Waals surface area contributed by atoms with Gasteiger partial charge in [-0.25, -0.2) is 4.98 Å². The Morgan fingerprint density at radius 3 is 2.95 bits per heavy atom. The summed E-state index contributed by atoms with van der Waals surface area (Å²) in [5.74, 6) is -0.566. The molecule has 0 aliphatic carbocycles. The van der Waals surface area contributed by atoms with Crippen LogP contribution in [-0.2, 0) is 9.53 Å². The monoisotopic (exact) mass is 340 g/mol. The Kier molecular flexibility index (Phi) is 5.11. The number of amides is 1. The van der Waals surface area contributed by atoms with E-state index in [1.807, 2.05) is 0 Å². The third-order valence-corrected chi connectivity index (χ3v) is 3.74. The summed E-state index contributed by atoms with van der Waals surface area (Å²) in [7, 11) is 0. The molecule has 5 nitrogen and oxygen atoms in total. The van der Waals surface area contributed by atoms with Gasteiger partial charge in [-0.2, -0.15) is 0 Å². The fourth-order valence-corrected chi connectivity index (χ4v) is 2.51. The molecule has 0 spiro atoms. The van der Waals surface area contributed by atoms with Crippen LogP contribution in [-0.4, -0.2) is 41.5 Å². The average Bonchev–Trinajstić information content (AvgIpc) is 2.48. The summed E-state index contributed by atoms with van der Waals surface area (Å²) in [6.45, 7) is 3.23. The topological polar surface area (TPSA) is 59.5 Å². The first-order chi connectivity index (χ1) is 9.61. The number of likely N-dealkylation sites (tertiary alicyclic amines) is 1. The number of nitrogens with zero attached hydrogens (tertiary/aromatic N) is 2. The molecule has 1 aliphatic rings. The fourth-order valence-electron chi connectivity index (χ4n) is 2.28. The number of halogens is 1. The van der Waals surface area contributed by atoms with Crippen LogP contribution in [0.1, 0.15) is 30.3 Å². The molecule has 0 bridgehead atoms. The molecule has 1 aromatic rings. The molecule has 2 heterocycles. The number of hydrogen-bond donors (Lipinski definition) is 0. The third kappa shape index (κ3) is 3.56. The minimum Gasteiger partial charge on any atom is -0.466 e. The number of rotatable bonds is 3. The predicted octanol–water partition coefficient (Wildman–Crippen LogP) is 2.26. The Morgan fingerprint density at radius 1 is 1.50 bits per heavy atom. The molecule has 20 heavy (non-hydrogen) atoms. The quantitative estimate of drug-likeness (QED) is 0.792. The molecule has 2 rings (SSSR count). The van der Waals surface area contributed by atoms with Crippen molar-refractivity contribution in [2.75, 3.05) is 19.7 Å². The van der Waals surface area contributed by atoms with Crippen molar-refractivity contribution in [2.45, 2.75) is 19.8 Å². The van der Waals surface area contributed by atoms with E-state index in [0.29, 0.717) is 25.4 Å². The lowest BCUT2D eigenvalue weighted by atomic mass is 9.98. The van der Waals surface area contributed by atoms with Crippen LogP contribution in [0.25, 0.3) is 0 Å². The van der Waals surface area contributed by atoms with Crippen LogP contribution < -0.4 is 0 Å². The minimum atomic E-state index is -0.219. The van der Waals surface area contributed by atoms with Gasteiger partial charge in [0, 0.05) is 23.8 Å². The summed E-state index contributed by atoms with van der Waals surface area (Å²) in [5, 5.41) is 0. The Bertz CT molecular complexity index is 490. The summed E-state index contributed by atoms with van der Waals surface area (Å²) in [4.78, 5) is 29.9. The van der Waals surface area contributed by atoms with Gasteiger partial charge >= 0.3 is 5.97 Å². The maximum atomic E-state index is 12.3. The van der Waals surface area contributed by atoms with Gasteiger partial charge in [0.15, 0.2) is 0 Å². The second-order valence-electron chi connectivity index (χ2n) is 4.70. The summed E-state index contributed by atoms with van der Waals surface area (Å²) in [6, 6.07) is 3.47. The van der Waals surface area contributed by atoms with Gasteiger partial charge in [-0.1, -0.05) is 0 Å². The van der Waals surface area contributed by atoms with E-state index < -0.39 is 0 Å². The van der Waals surface area contributed by atoms with E-state index >= 15 is 0 Å². The SMILES string of the molecule is CCOC(=O)C1CCCN(C(=O)c2ccc(Br)cn2)C1. The summed E-state index contributed by atoms with van der Waals surface area (Å²) in [6.07, 6.45) is 3.18. The highest BCUT2D eigenvalue weighted by Gasteiger charge is 2.30. The highest BCUT2D eigenvalue weighted by atomic mass is 79.9. The molecule has 0 saturated carbocycles. The lowest BCUT2D eigenvalue weighted by Crippen LogP contribution is -2.43. The molecule has 0 radical (unpaired) electrons. The fraction of sp³-hybridized carbons (Fsp3) is 0.500.